The van der Waals surface area contributed by atoms with Gasteiger partial charge in [0.05, 0.1) is 11.3 Å². The average Bonchev–Trinajstić information content (AvgIpc) is 2.37. The number of rotatable bonds is 2. The number of nitrogens with zero attached hydrogens (tertiary/aromatic N) is 1. The first-order valence-electron chi connectivity index (χ1n) is 5.72. The van der Waals surface area contributed by atoms with Gasteiger partial charge in [-0.2, -0.15) is 0 Å². The van der Waals surface area contributed by atoms with Gasteiger partial charge in [0, 0.05) is 4.47 Å². The number of phenolic OH excluding ortho intramolecular Hbond substituents is 1. The van der Waals surface area contributed by atoms with Crippen molar-refractivity contribution in [2.45, 2.75) is 13.8 Å². The quantitative estimate of drug-likeness (QED) is 0.891. The van der Waals surface area contributed by atoms with Gasteiger partial charge in [-0.15, -0.1) is 0 Å². The molecule has 98 valence electrons. The molecule has 0 radical (unpaired) electrons. The summed E-state index contributed by atoms with van der Waals surface area (Å²) in [5, 5.41) is 12.5. The van der Waals surface area contributed by atoms with Crippen molar-refractivity contribution in [3.63, 3.8) is 0 Å². The van der Waals surface area contributed by atoms with Gasteiger partial charge in [0.15, 0.2) is 0 Å². The molecule has 4 nitrogen and oxygen atoms in total. The molecule has 0 bridgehead atoms. The van der Waals surface area contributed by atoms with Gasteiger partial charge < -0.3 is 10.4 Å². The van der Waals surface area contributed by atoms with Gasteiger partial charge in [-0.1, -0.05) is 12.1 Å². The summed E-state index contributed by atoms with van der Waals surface area (Å²) in [6, 6.07) is 8.55. The van der Waals surface area contributed by atoms with E-state index in [-0.39, 0.29) is 17.2 Å². The van der Waals surface area contributed by atoms with Crippen molar-refractivity contribution in [3.8, 4) is 5.75 Å². The molecule has 1 heterocycles. The fourth-order valence-corrected chi connectivity index (χ4v) is 1.86. The fraction of sp³-hybridized carbons (Fsp3) is 0.143. The molecule has 0 spiro atoms. The first-order valence-corrected chi connectivity index (χ1v) is 6.51. The van der Waals surface area contributed by atoms with Crippen LogP contribution in [0.4, 0.5) is 5.82 Å². The molecule has 1 amide bonds. The third kappa shape index (κ3) is 2.93. The molecule has 5 heteroatoms. The van der Waals surface area contributed by atoms with Gasteiger partial charge in [0.25, 0.3) is 5.91 Å². The molecule has 0 aliphatic heterocycles. The van der Waals surface area contributed by atoms with Crippen LogP contribution in [0.3, 0.4) is 0 Å². The maximum atomic E-state index is 12.1. The molecule has 0 aliphatic rings. The van der Waals surface area contributed by atoms with Crippen LogP contribution in [0.1, 0.15) is 21.6 Å². The number of anilines is 1. The highest BCUT2D eigenvalue weighted by Gasteiger charge is 2.13. The van der Waals surface area contributed by atoms with E-state index in [1.165, 1.54) is 0 Å². The highest BCUT2D eigenvalue weighted by atomic mass is 79.9. The molecule has 2 aromatic rings. The van der Waals surface area contributed by atoms with Crippen molar-refractivity contribution in [1.82, 2.24) is 4.98 Å². The number of aromatic nitrogens is 1. The molecule has 1 aromatic heterocycles. The summed E-state index contributed by atoms with van der Waals surface area (Å²) in [7, 11) is 0. The van der Waals surface area contributed by atoms with Crippen molar-refractivity contribution in [2.24, 2.45) is 0 Å². The zero-order valence-electron chi connectivity index (χ0n) is 10.6. The Hall–Kier alpha value is -1.88. The highest BCUT2D eigenvalue weighted by molar-refractivity contribution is 9.10. The predicted molar refractivity (Wildman–Crippen MR) is 77.5 cm³/mol. The number of amides is 1. The van der Waals surface area contributed by atoms with Crippen molar-refractivity contribution in [3.05, 3.63) is 51.6 Å². The minimum atomic E-state index is -0.379. The first-order chi connectivity index (χ1) is 8.99. The van der Waals surface area contributed by atoms with E-state index in [9.17, 15) is 9.90 Å². The van der Waals surface area contributed by atoms with Crippen molar-refractivity contribution in [2.75, 3.05) is 5.32 Å². The Balaban J connectivity index is 2.26. The SMILES string of the molecule is Cc1cccc(C(=O)Nc2ccc(Br)c(C)n2)c1O. The van der Waals surface area contributed by atoms with Gasteiger partial charge in [-0.3, -0.25) is 4.79 Å². The van der Waals surface area contributed by atoms with E-state index in [2.05, 4.69) is 26.2 Å². The number of carbonyl (C=O) groups excluding carboxylic acids is 1. The third-order valence-corrected chi connectivity index (χ3v) is 3.58. The van der Waals surface area contributed by atoms with Crippen LogP contribution in [-0.4, -0.2) is 16.0 Å². The van der Waals surface area contributed by atoms with E-state index in [0.29, 0.717) is 11.4 Å². The van der Waals surface area contributed by atoms with E-state index in [0.717, 1.165) is 10.2 Å². The summed E-state index contributed by atoms with van der Waals surface area (Å²) >= 11 is 3.35. The second-order valence-electron chi connectivity index (χ2n) is 4.19. The predicted octanol–water partition coefficient (Wildman–Crippen LogP) is 3.42. The summed E-state index contributed by atoms with van der Waals surface area (Å²) in [5.74, 6) is 0.0656. The Morgan fingerprint density at radius 3 is 2.68 bits per heavy atom. The van der Waals surface area contributed by atoms with Gasteiger partial charge in [-0.25, -0.2) is 4.98 Å². The molecule has 1 aromatic carbocycles. The standard InChI is InChI=1S/C14H13BrN2O2/c1-8-4-3-5-10(13(8)18)14(19)17-12-7-6-11(15)9(2)16-12/h3-7,18H,1-2H3,(H,16,17,19). The molecule has 0 fully saturated rings. The van der Waals surface area contributed by atoms with Crippen LogP contribution in [-0.2, 0) is 0 Å². The number of pyridine rings is 1. The van der Waals surface area contributed by atoms with Gasteiger partial charge >= 0.3 is 0 Å². The maximum Gasteiger partial charge on any atom is 0.260 e. The summed E-state index contributed by atoms with van der Waals surface area (Å²) in [5.41, 5.74) is 1.68. The fourth-order valence-electron chi connectivity index (χ4n) is 1.64. The molecule has 19 heavy (non-hydrogen) atoms. The molecule has 2 rings (SSSR count). The number of para-hydroxylation sites is 1. The molecule has 2 N–H and O–H groups in total. The molecule has 0 saturated carbocycles. The summed E-state index contributed by atoms with van der Waals surface area (Å²) < 4.78 is 0.879. The Morgan fingerprint density at radius 1 is 1.26 bits per heavy atom. The topological polar surface area (TPSA) is 62.2 Å². The summed E-state index contributed by atoms with van der Waals surface area (Å²) in [6.45, 7) is 3.58. The molecule has 0 unspecified atom stereocenters. The first kappa shape index (κ1) is 13.5. The molecule has 0 aliphatic carbocycles. The van der Waals surface area contributed by atoms with Crippen LogP contribution in [0.5, 0.6) is 5.75 Å². The molecule has 0 saturated heterocycles. The number of phenols is 1. The van der Waals surface area contributed by atoms with E-state index in [1.807, 2.05) is 13.0 Å². The number of aryl methyl sites for hydroxylation is 2. The summed E-state index contributed by atoms with van der Waals surface area (Å²) in [4.78, 5) is 16.3. The number of halogens is 1. The Kier molecular flexibility index (Phi) is 3.85. The largest absolute Gasteiger partial charge is 0.507 e. The zero-order valence-corrected chi connectivity index (χ0v) is 12.2. The molecule has 0 atom stereocenters. The second kappa shape index (κ2) is 5.40. The van der Waals surface area contributed by atoms with E-state index in [1.54, 1.807) is 31.2 Å². The van der Waals surface area contributed by atoms with E-state index < -0.39 is 0 Å². The third-order valence-electron chi connectivity index (χ3n) is 2.75. The Labute approximate surface area is 119 Å². The Bertz CT molecular complexity index is 641. The minimum Gasteiger partial charge on any atom is -0.507 e. The van der Waals surface area contributed by atoms with Crippen LogP contribution in [0, 0.1) is 13.8 Å². The van der Waals surface area contributed by atoms with Crippen molar-refractivity contribution >= 4 is 27.7 Å². The number of hydrogen-bond acceptors (Lipinski definition) is 3. The maximum absolute atomic E-state index is 12.1. The highest BCUT2D eigenvalue weighted by Crippen LogP contribution is 2.23. The van der Waals surface area contributed by atoms with Crippen LogP contribution in [0.15, 0.2) is 34.8 Å². The minimum absolute atomic E-state index is 0.00571. The number of aromatic hydroxyl groups is 1. The molecular weight excluding hydrogens is 308 g/mol. The van der Waals surface area contributed by atoms with Gasteiger partial charge in [0.1, 0.15) is 11.6 Å². The lowest BCUT2D eigenvalue weighted by Crippen LogP contribution is -2.13. The smallest absolute Gasteiger partial charge is 0.260 e. The van der Waals surface area contributed by atoms with Gasteiger partial charge in [-0.05, 0) is 53.5 Å². The average molecular weight is 321 g/mol. The second-order valence-corrected chi connectivity index (χ2v) is 5.04. The van der Waals surface area contributed by atoms with Crippen LogP contribution in [0.2, 0.25) is 0 Å². The lowest BCUT2D eigenvalue weighted by Gasteiger charge is -2.08. The normalized spacial score (nSPS) is 10.3. The van der Waals surface area contributed by atoms with Crippen molar-refractivity contribution < 1.29 is 9.90 Å². The molecular formula is C14H13BrN2O2. The number of carbonyl (C=O) groups is 1. The number of hydrogen-bond donors (Lipinski definition) is 2. The van der Waals surface area contributed by atoms with E-state index in [4.69, 9.17) is 0 Å². The summed E-state index contributed by atoms with van der Waals surface area (Å²) in [6.07, 6.45) is 0. The van der Waals surface area contributed by atoms with Crippen LogP contribution < -0.4 is 5.32 Å². The lowest BCUT2D eigenvalue weighted by atomic mass is 10.1. The van der Waals surface area contributed by atoms with Crippen molar-refractivity contribution in [1.29, 1.82) is 0 Å². The van der Waals surface area contributed by atoms with Gasteiger partial charge in [0.2, 0.25) is 0 Å². The van der Waals surface area contributed by atoms with Crippen LogP contribution >= 0.6 is 15.9 Å². The lowest BCUT2D eigenvalue weighted by molar-refractivity contribution is 0.102. The zero-order chi connectivity index (χ0) is 14.0. The number of nitrogens with one attached hydrogen (secondary N) is 1. The van der Waals surface area contributed by atoms with Crippen LogP contribution in [0.25, 0.3) is 0 Å². The monoisotopic (exact) mass is 320 g/mol. The Morgan fingerprint density at radius 2 is 2.00 bits per heavy atom. The van der Waals surface area contributed by atoms with E-state index >= 15 is 0 Å². The number of benzene rings is 1.